The summed E-state index contributed by atoms with van der Waals surface area (Å²) in [6.45, 7) is 3.42. The first-order chi connectivity index (χ1) is 9.11. The molecule has 0 aliphatic carbocycles. The summed E-state index contributed by atoms with van der Waals surface area (Å²) in [4.78, 5) is 14.3. The standard InChI is InChI=1S/C15H20ClNO2/c1-11-9-13(4-5-14(11)18)15(19)17-8-2-3-12(10-17)6-7-16/h4-5,9,12,18H,2-3,6-8,10H2,1H3. The summed E-state index contributed by atoms with van der Waals surface area (Å²) in [7, 11) is 0. The second-order valence-electron chi connectivity index (χ2n) is 5.24. The molecular weight excluding hydrogens is 262 g/mol. The molecular formula is C15H20ClNO2. The lowest BCUT2D eigenvalue weighted by molar-refractivity contribution is 0.0671. The van der Waals surface area contributed by atoms with Gasteiger partial charge in [-0.05, 0) is 55.9 Å². The van der Waals surface area contributed by atoms with E-state index in [9.17, 15) is 9.90 Å². The van der Waals surface area contributed by atoms with Crippen LogP contribution >= 0.6 is 11.6 Å². The van der Waals surface area contributed by atoms with Crippen LogP contribution in [0.15, 0.2) is 18.2 Å². The zero-order chi connectivity index (χ0) is 13.8. The van der Waals surface area contributed by atoms with Gasteiger partial charge in [0.1, 0.15) is 5.75 Å². The van der Waals surface area contributed by atoms with E-state index < -0.39 is 0 Å². The number of hydrogen-bond acceptors (Lipinski definition) is 2. The Morgan fingerprint density at radius 3 is 3.00 bits per heavy atom. The fraction of sp³-hybridized carbons (Fsp3) is 0.533. The number of likely N-dealkylation sites (tertiary alicyclic amines) is 1. The molecule has 3 nitrogen and oxygen atoms in total. The van der Waals surface area contributed by atoms with Crippen molar-refractivity contribution in [2.24, 2.45) is 5.92 Å². The van der Waals surface area contributed by atoms with E-state index in [0.717, 1.165) is 37.9 Å². The number of rotatable bonds is 3. The number of nitrogens with zero attached hydrogens (tertiary/aromatic N) is 1. The number of aromatic hydroxyl groups is 1. The molecule has 0 aromatic heterocycles. The van der Waals surface area contributed by atoms with Crippen LogP contribution in [-0.2, 0) is 0 Å². The maximum Gasteiger partial charge on any atom is 0.253 e. The molecule has 1 aliphatic rings. The quantitative estimate of drug-likeness (QED) is 0.865. The first-order valence-electron chi connectivity index (χ1n) is 6.76. The third-order valence-electron chi connectivity index (χ3n) is 3.77. The van der Waals surface area contributed by atoms with Gasteiger partial charge in [0.05, 0.1) is 0 Å². The van der Waals surface area contributed by atoms with Gasteiger partial charge in [-0.1, -0.05) is 0 Å². The van der Waals surface area contributed by atoms with Crippen molar-refractivity contribution in [1.29, 1.82) is 0 Å². The van der Waals surface area contributed by atoms with Crippen LogP contribution in [0.1, 0.15) is 35.2 Å². The highest BCUT2D eigenvalue weighted by Crippen LogP contribution is 2.23. The molecule has 1 aromatic rings. The van der Waals surface area contributed by atoms with Crippen LogP contribution in [0, 0.1) is 12.8 Å². The van der Waals surface area contributed by atoms with Gasteiger partial charge in [0.25, 0.3) is 5.91 Å². The van der Waals surface area contributed by atoms with Crippen LogP contribution in [0.5, 0.6) is 5.75 Å². The largest absolute Gasteiger partial charge is 0.508 e. The maximum absolute atomic E-state index is 12.4. The van der Waals surface area contributed by atoms with Crippen LogP contribution in [0.2, 0.25) is 0 Å². The van der Waals surface area contributed by atoms with Gasteiger partial charge < -0.3 is 10.0 Å². The molecule has 1 atom stereocenters. The maximum atomic E-state index is 12.4. The minimum absolute atomic E-state index is 0.0578. The molecule has 1 unspecified atom stereocenters. The Balaban J connectivity index is 2.08. The number of benzene rings is 1. The lowest BCUT2D eigenvalue weighted by atomic mass is 9.95. The first-order valence-corrected chi connectivity index (χ1v) is 7.30. The summed E-state index contributed by atoms with van der Waals surface area (Å²) >= 11 is 5.79. The van der Waals surface area contributed by atoms with E-state index in [1.807, 2.05) is 4.90 Å². The topological polar surface area (TPSA) is 40.5 Å². The van der Waals surface area contributed by atoms with Crippen LogP contribution in [0.4, 0.5) is 0 Å². The molecule has 1 fully saturated rings. The van der Waals surface area contributed by atoms with Crippen LogP contribution in [0.25, 0.3) is 0 Å². The third-order valence-corrected chi connectivity index (χ3v) is 3.99. The Hall–Kier alpha value is -1.22. The van der Waals surface area contributed by atoms with Gasteiger partial charge in [0.15, 0.2) is 0 Å². The number of phenolic OH excluding ortho intramolecular Hbond substituents is 1. The molecule has 1 N–H and O–H groups in total. The van der Waals surface area contributed by atoms with Gasteiger partial charge in [-0.3, -0.25) is 4.79 Å². The van der Waals surface area contributed by atoms with Crippen LogP contribution < -0.4 is 0 Å². The molecule has 1 heterocycles. The van der Waals surface area contributed by atoms with Crippen molar-refractivity contribution in [2.75, 3.05) is 19.0 Å². The summed E-state index contributed by atoms with van der Waals surface area (Å²) in [6, 6.07) is 5.03. The summed E-state index contributed by atoms with van der Waals surface area (Å²) < 4.78 is 0. The van der Waals surface area contributed by atoms with Crippen molar-refractivity contribution >= 4 is 17.5 Å². The van der Waals surface area contributed by atoms with Gasteiger partial charge in [-0.15, -0.1) is 11.6 Å². The molecule has 1 saturated heterocycles. The number of carbonyl (C=O) groups excluding carboxylic acids is 1. The molecule has 1 amide bonds. The number of carbonyl (C=O) groups is 1. The fourth-order valence-corrected chi connectivity index (χ4v) is 2.92. The van der Waals surface area contributed by atoms with Crippen molar-refractivity contribution in [3.8, 4) is 5.75 Å². The molecule has 0 bridgehead atoms. The number of piperidine rings is 1. The third kappa shape index (κ3) is 3.41. The Morgan fingerprint density at radius 1 is 1.53 bits per heavy atom. The monoisotopic (exact) mass is 281 g/mol. The molecule has 19 heavy (non-hydrogen) atoms. The average Bonchev–Trinajstić information content (AvgIpc) is 2.42. The van der Waals surface area contributed by atoms with Crippen molar-refractivity contribution in [1.82, 2.24) is 4.90 Å². The number of halogens is 1. The predicted molar refractivity (Wildman–Crippen MR) is 76.8 cm³/mol. The average molecular weight is 282 g/mol. The van der Waals surface area contributed by atoms with Gasteiger partial charge in [0.2, 0.25) is 0 Å². The summed E-state index contributed by atoms with van der Waals surface area (Å²) in [6.07, 6.45) is 3.18. The minimum Gasteiger partial charge on any atom is -0.508 e. The normalized spacial score (nSPS) is 19.5. The SMILES string of the molecule is Cc1cc(C(=O)N2CCCC(CCCl)C2)ccc1O. The summed E-state index contributed by atoms with van der Waals surface area (Å²) in [5.41, 5.74) is 1.39. The Morgan fingerprint density at radius 2 is 2.32 bits per heavy atom. The van der Waals surface area contributed by atoms with Gasteiger partial charge in [-0.2, -0.15) is 0 Å². The number of aryl methyl sites for hydroxylation is 1. The van der Waals surface area contributed by atoms with Crippen LogP contribution in [0.3, 0.4) is 0 Å². The van der Waals surface area contributed by atoms with Crippen molar-refractivity contribution < 1.29 is 9.90 Å². The number of alkyl halides is 1. The van der Waals surface area contributed by atoms with E-state index >= 15 is 0 Å². The number of hydrogen-bond donors (Lipinski definition) is 1. The zero-order valence-electron chi connectivity index (χ0n) is 11.2. The molecule has 0 saturated carbocycles. The molecule has 104 valence electrons. The molecule has 1 aromatic carbocycles. The highest BCUT2D eigenvalue weighted by molar-refractivity contribution is 6.17. The van der Waals surface area contributed by atoms with Gasteiger partial charge in [-0.25, -0.2) is 0 Å². The van der Waals surface area contributed by atoms with E-state index in [1.54, 1.807) is 25.1 Å². The summed E-state index contributed by atoms with van der Waals surface area (Å²) in [5, 5.41) is 9.51. The Labute approximate surface area is 119 Å². The van der Waals surface area contributed by atoms with E-state index in [1.165, 1.54) is 0 Å². The Bertz CT molecular complexity index is 459. The zero-order valence-corrected chi connectivity index (χ0v) is 12.0. The molecule has 4 heteroatoms. The number of amides is 1. The highest BCUT2D eigenvalue weighted by Gasteiger charge is 2.24. The lowest BCUT2D eigenvalue weighted by Gasteiger charge is -2.32. The molecule has 1 aliphatic heterocycles. The predicted octanol–water partition coefficient (Wildman–Crippen LogP) is 3.18. The van der Waals surface area contributed by atoms with E-state index in [2.05, 4.69) is 0 Å². The van der Waals surface area contributed by atoms with Gasteiger partial charge in [0, 0.05) is 24.5 Å². The van der Waals surface area contributed by atoms with E-state index in [0.29, 0.717) is 17.4 Å². The Kier molecular flexibility index (Phi) is 4.70. The van der Waals surface area contributed by atoms with E-state index in [-0.39, 0.29) is 11.7 Å². The second-order valence-corrected chi connectivity index (χ2v) is 5.62. The second kappa shape index (κ2) is 6.29. The van der Waals surface area contributed by atoms with Crippen molar-refractivity contribution in [2.45, 2.75) is 26.2 Å². The lowest BCUT2D eigenvalue weighted by Crippen LogP contribution is -2.40. The summed E-state index contributed by atoms with van der Waals surface area (Å²) in [5.74, 6) is 1.47. The fourth-order valence-electron chi connectivity index (χ4n) is 2.61. The van der Waals surface area contributed by atoms with Crippen LogP contribution in [-0.4, -0.2) is 34.9 Å². The highest BCUT2D eigenvalue weighted by atomic mass is 35.5. The molecule has 0 radical (unpaired) electrons. The van der Waals surface area contributed by atoms with E-state index in [4.69, 9.17) is 11.6 Å². The van der Waals surface area contributed by atoms with Crippen molar-refractivity contribution in [3.05, 3.63) is 29.3 Å². The molecule has 0 spiro atoms. The smallest absolute Gasteiger partial charge is 0.253 e. The van der Waals surface area contributed by atoms with Crippen molar-refractivity contribution in [3.63, 3.8) is 0 Å². The number of phenols is 1. The van der Waals surface area contributed by atoms with Gasteiger partial charge >= 0.3 is 0 Å². The molecule has 2 rings (SSSR count). The first kappa shape index (κ1) is 14.2. The minimum atomic E-state index is 0.0578.